The number of nitrogens with one attached hydrogen (secondary N) is 2. The summed E-state index contributed by atoms with van der Waals surface area (Å²) < 4.78 is 27.9. The van der Waals surface area contributed by atoms with E-state index in [4.69, 9.17) is 0 Å². The van der Waals surface area contributed by atoms with Crippen molar-refractivity contribution in [3.05, 3.63) is 65.2 Å². The summed E-state index contributed by atoms with van der Waals surface area (Å²) in [6.45, 7) is 3.58. The van der Waals surface area contributed by atoms with E-state index in [9.17, 15) is 13.2 Å². The molecule has 30 heavy (non-hydrogen) atoms. The summed E-state index contributed by atoms with van der Waals surface area (Å²) in [6.07, 6.45) is 2.82. The molecule has 2 aromatic rings. The Morgan fingerprint density at radius 2 is 1.73 bits per heavy atom. The van der Waals surface area contributed by atoms with E-state index >= 15 is 0 Å². The molecule has 3 rings (SSSR count). The molecule has 1 amide bonds. The van der Waals surface area contributed by atoms with Crippen molar-refractivity contribution in [2.24, 2.45) is 0 Å². The van der Waals surface area contributed by atoms with Crippen molar-refractivity contribution in [2.45, 2.75) is 37.1 Å². The number of carbonyl (C=O) groups excluding carboxylic acids is 1. The zero-order valence-electron chi connectivity index (χ0n) is 18.0. The minimum atomic E-state index is -3.60. The number of piperidine rings is 1. The first-order chi connectivity index (χ1) is 14.3. The Morgan fingerprint density at radius 3 is 2.37 bits per heavy atom. The molecule has 162 valence electrons. The quantitative estimate of drug-likeness (QED) is 0.704. The molecule has 7 heteroatoms. The molecule has 2 N–H and O–H groups in total. The largest absolute Gasteiger partial charge is 0.340 e. The fourth-order valence-electron chi connectivity index (χ4n) is 3.85. The Kier molecular flexibility index (Phi) is 7.28. The van der Waals surface area contributed by atoms with E-state index in [0.29, 0.717) is 24.2 Å². The second kappa shape index (κ2) is 9.73. The van der Waals surface area contributed by atoms with Gasteiger partial charge in [0.25, 0.3) is 5.91 Å². The van der Waals surface area contributed by atoms with Crippen molar-refractivity contribution >= 4 is 15.9 Å². The number of amides is 1. The van der Waals surface area contributed by atoms with E-state index in [1.54, 1.807) is 23.4 Å². The predicted octanol–water partition coefficient (Wildman–Crippen LogP) is 1.79. The summed E-state index contributed by atoms with van der Waals surface area (Å²) in [4.78, 5) is 14.5. The highest BCUT2D eigenvalue weighted by Gasteiger charge is 2.28. The maximum Gasteiger partial charge on any atom is 0.252 e. The van der Waals surface area contributed by atoms with Crippen LogP contribution in [-0.2, 0) is 10.0 Å². The smallest absolute Gasteiger partial charge is 0.252 e. The van der Waals surface area contributed by atoms with Crippen LogP contribution in [0.5, 0.6) is 0 Å². The highest BCUT2D eigenvalue weighted by atomic mass is 32.2. The van der Waals surface area contributed by atoms with Gasteiger partial charge < -0.3 is 10.2 Å². The van der Waals surface area contributed by atoms with E-state index in [2.05, 4.69) is 5.32 Å². The molecule has 2 aromatic carbocycles. The third-order valence-electron chi connectivity index (χ3n) is 5.50. The average Bonchev–Trinajstić information content (AvgIpc) is 2.74. The zero-order chi connectivity index (χ0) is 21.7. The molecule has 1 heterocycles. The molecule has 1 aliphatic rings. The number of sulfonamides is 1. The van der Waals surface area contributed by atoms with Gasteiger partial charge >= 0.3 is 0 Å². The highest BCUT2D eigenvalue weighted by molar-refractivity contribution is 7.89. The van der Waals surface area contributed by atoms with Crippen LogP contribution in [0.3, 0.4) is 0 Å². The van der Waals surface area contributed by atoms with Gasteiger partial charge in [0, 0.05) is 18.7 Å². The molecule has 1 saturated heterocycles. The lowest BCUT2D eigenvalue weighted by molar-refractivity contribution is -0.860. The maximum absolute atomic E-state index is 13.2. The maximum atomic E-state index is 13.2. The Balaban J connectivity index is 1.86. The summed E-state index contributed by atoms with van der Waals surface area (Å²) in [5.74, 6) is -0.264. The first kappa shape index (κ1) is 22.5. The van der Waals surface area contributed by atoms with Gasteiger partial charge in [-0.05, 0) is 43.0 Å². The molecule has 0 aliphatic carbocycles. The molecule has 1 fully saturated rings. The van der Waals surface area contributed by atoms with Crippen molar-refractivity contribution in [1.29, 1.82) is 0 Å². The van der Waals surface area contributed by atoms with E-state index in [-0.39, 0.29) is 16.8 Å². The molecule has 1 atom stereocenters. The SMILES string of the molecule is Cc1ccc(C(=O)N[C@H](C[NH+](C)C)c2ccccc2)cc1S(=O)(=O)N1CCCCC1. The van der Waals surface area contributed by atoms with Crippen LogP contribution in [0.4, 0.5) is 0 Å². The second-order valence-electron chi connectivity index (χ2n) is 8.29. The van der Waals surface area contributed by atoms with Crippen molar-refractivity contribution in [2.75, 3.05) is 33.7 Å². The van der Waals surface area contributed by atoms with Gasteiger partial charge in [-0.2, -0.15) is 4.31 Å². The van der Waals surface area contributed by atoms with E-state index in [1.807, 2.05) is 44.4 Å². The third-order valence-corrected chi connectivity index (χ3v) is 7.54. The fraction of sp³-hybridized carbons (Fsp3) is 0.435. The van der Waals surface area contributed by atoms with Gasteiger partial charge in [0.2, 0.25) is 10.0 Å². The minimum Gasteiger partial charge on any atom is -0.340 e. The molecule has 1 aliphatic heterocycles. The molecule has 0 spiro atoms. The van der Waals surface area contributed by atoms with Gasteiger partial charge in [-0.1, -0.05) is 42.8 Å². The summed E-state index contributed by atoms with van der Waals surface area (Å²) in [5.41, 5.74) is 2.06. The summed E-state index contributed by atoms with van der Waals surface area (Å²) >= 11 is 0. The van der Waals surface area contributed by atoms with Gasteiger partial charge in [0.1, 0.15) is 12.6 Å². The number of carbonyl (C=O) groups is 1. The standard InChI is InChI=1S/C23H31N3O3S/c1-18-12-13-20(16-22(18)30(28,29)26-14-8-5-9-15-26)23(27)24-21(17-25(2)3)19-10-6-4-7-11-19/h4,6-7,10-13,16,21H,5,8-9,14-15,17H2,1-3H3,(H,24,27)/p+1/t21-/m1/s1. The third kappa shape index (κ3) is 5.28. The first-order valence-corrected chi connectivity index (χ1v) is 12.0. The van der Waals surface area contributed by atoms with Gasteiger partial charge in [-0.25, -0.2) is 8.42 Å². The van der Waals surface area contributed by atoms with E-state index in [0.717, 1.165) is 31.4 Å². The molecule has 0 bridgehead atoms. The predicted molar refractivity (Wildman–Crippen MR) is 118 cm³/mol. The van der Waals surface area contributed by atoms with Gasteiger partial charge in [0.15, 0.2) is 0 Å². The number of hydrogen-bond acceptors (Lipinski definition) is 3. The second-order valence-corrected chi connectivity index (χ2v) is 10.2. The number of aryl methyl sites for hydroxylation is 1. The monoisotopic (exact) mass is 430 g/mol. The van der Waals surface area contributed by atoms with E-state index < -0.39 is 10.0 Å². The lowest BCUT2D eigenvalue weighted by Gasteiger charge is -2.27. The Morgan fingerprint density at radius 1 is 1.07 bits per heavy atom. The molecular formula is C23H32N3O3S+. The molecule has 0 aromatic heterocycles. The van der Waals surface area contributed by atoms with Crippen molar-refractivity contribution < 1.29 is 18.1 Å². The number of rotatable bonds is 7. The Hall–Kier alpha value is -2.22. The number of hydrogen-bond donors (Lipinski definition) is 2. The summed E-state index contributed by atoms with van der Waals surface area (Å²) in [6, 6.07) is 14.6. The number of quaternary nitrogens is 1. The van der Waals surface area contributed by atoms with Crippen LogP contribution in [0.1, 0.15) is 46.8 Å². The van der Waals surface area contributed by atoms with Crippen molar-refractivity contribution in [3.8, 4) is 0 Å². The average molecular weight is 431 g/mol. The van der Waals surface area contributed by atoms with Crippen LogP contribution < -0.4 is 10.2 Å². The van der Waals surface area contributed by atoms with Crippen LogP contribution in [0, 0.1) is 6.92 Å². The molecular weight excluding hydrogens is 398 g/mol. The highest BCUT2D eigenvalue weighted by Crippen LogP contribution is 2.24. The lowest BCUT2D eigenvalue weighted by Crippen LogP contribution is -3.06. The first-order valence-electron chi connectivity index (χ1n) is 10.5. The van der Waals surface area contributed by atoms with Crippen LogP contribution in [0.2, 0.25) is 0 Å². The molecule has 0 unspecified atom stereocenters. The van der Waals surface area contributed by atoms with Crippen LogP contribution in [-0.4, -0.2) is 52.4 Å². The minimum absolute atomic E-state index is 0.160. The van der Waals surface area contributed by atoms with Gasteiger partial charge in [-0.3, -0.25) is 4.79 Å². The van der Waals surface area contributed by atoms with Gasteiger partial charge in [-0.15, -0.1) is 0 Å². The Bertz CT molecular complexity index is 968. The normalized spacial score (nSPS) is 16.4. The van der Waals surface area contributed by atoms with Crippen LogP contribution >= 0.6 is 0 Å². The number of likely N-dealkylation sites (N-methyl/N-ethyl adjacent to an activating group) is 1. The molecule has 0 radical (unpaired) electrons. The van der Waals surface area contributed by atoms with Gasteiger partial charge in [0.05, 0.1) is 19.0 Å². The van der Waals surface area contributed by atoms with Crippen LogP contribution in [0.25, 0.3) is 0 Å². The molecule has 6 nitrogen and oxygen atoms in total. The topological polar surface area (TPSA) is 70.9 Å². The van der Waals surface area contributed by atoms with Crippen molar-refractivity contribution in [3.63, 3.8) is 0 Å². The van der Waals surface area contributed by atoms with Crippen molar-refractivity contribution in [1.82, 2.24) is 9.62 Å². The number of nitrogens with zero attached hydrogens (tertiary/aromatic N) is 1. The zero-order valence-corrected chi connectivity index (χ0v) is 18.8. The van der Waals surface area contributed by atoms with Crippen LogP contribution in [0.15, 0.2) is 53.4 Å². The van der Waals surface area contributed by atoms with E-state index in [1.165, 1.54) is 11.0 Å². The summed E-state index contributed by atoms with van der Waals surface area (Å²) in [7, 11) is 0.479. The summed E-state index contributed by atoms with van der Waals surface area (Å²) in [5, 5.41) is 3.09. The Labute approximate surface area is 179 Å². The fourth-order valence-corrected chi connectivity index (χ4v) is 5.62. The molecule has 0 saturated carbocycles. The number of benzene rings is 2. The lowest BCUT2D eigenvalue weighted by atomic mass is 10.1.